The average Bonchev–Trinajstić information content (AvgIpc) is 2.48. The number of amides is 1. The zero-order valence-corrected chi connectivity index (χ0v) is 10.7. The molecule has 2 atom stereocenters. The highest BCUT2D eigenvalue weighted by molar-refractivity contribution is 5.92. The third kappa shape index (κ3) is 3.39. The van der Waals surface area contributed by atoms with Crippen LogP contribution >= 0.6 is 0 Å². The van der Waals surface area contributed by atoms with Gasteiger partial charge in [-0.15, -0.1) is 0 Å². The van der Waals surface area contributed by atoms with Gasteiger partial charge >= 0.3 is 0 Å². The fraction of sp³-hybridized carbons (Fsp3) is 0.200. The van der Waals surface area contributed by atoms with Crippen LogP contribution in [-0.2, 0) is 0 Å². The van der Waals surface area contributed by atoms with Crippen molar-refractivity contribution < 1.29 is 9.90 Å². The van der Waals surface area contributed by atoms with Crippen molar-refractivity contribution in [1.82, 2.24) is 10.3 Å². The Balaban J connectivity index is 2.02. The van der Waals surface area contributed by atoms with Crippen LogP contribution in [0.3, 0.4) is 0 Å². The summed E-state index contributed by atoms with van der Waals surface area (Å²) in [6.07, 6.45) is 0.821. The Bertz CT molecular complexity index is 528. The number of hydrogen-bond acceptors (Lipinski definition) is 3. The number of pyridine rings is 1. The molecular formula is C15H16N2O2. The molecule has 0 spiro atoms. The second-order valence-corrected chi connectivity index (χ2v) is 4.33. The predicted octanol–water partition coefficient (Wildman–Crippen LogP) is 1.93. The Morgan fingerprint density at radius 3 is 2.47 bits per heavy atom. The zero-order chi connectivity index (χ0) is 13.7. The van der Waals surface area contributed by atoms with E-state index in [0.29, 0.717) is 5.69 Å². The van der Waals surface area contributed by atoms with E-state index in [4.69, 9.17) is 0 Å². The molecule has 0 fully saturated rings. The van der Waals surface area contributed by atoms with Crippen molar-refractivity contribution in [2.45, 2.75) is 19.1 Å². The van der Waals surface area contributed by atoms with Crippen LogP contribution in [0.1, 0.15) is 29.1 Å². The Morgan fingerprint density at radius 2 is 1.84 bits per heavy atom. The van der Waals surface area contributed by atoms with Gasteiger partial charge in [0.15, 0.2) is 0 Å². The van der Waals surface area contributed by atoms with Crippen LogP contribution < -0.4 is 5.32 Å². The van der Waals surface area contributed by atoms with Crippen LogP contribution in [0.2, 0.25) is 0 Å². The minimum atomic E-state index is -0.742. The van der Waals surface area contributed by atoms with Crippen molar-refractivity contribution in [2.24, 2.45) is 0 Å². The number of nitrogens with zero attached hydrogens (tertiary/aromatic N) is 1. The number of nitrogens with one attached hydrogen (secondary N) is 1. The van der Waals surface area contributed by atoms with Gasteiger partial charge in [-0.2, -0.15) is 0 Å². The van der Waals surface area contributed by atoms with Crippen LogP contribution in [0.5, 0.6) is 0 Å². The summed E-state index contributed by atoms with van der Waals surface area (Å²) >= 11 is 0. The first-order valence-electron chi connectivity index (χ1n) is 6.13. The quantitative estimate of drug-likeness (QED) is 0.878. The zero-order valence-electron chi connectivity index (χ0n) is 10.7. The molecule has 0 aliphatic heterocycles. The van der Waals surface area contributed by atoms with E-state index in [1.807, 2.05) is 30.3 Å². The van der Waals surface area contributed by atoms with Crippen molar-refractivity contribution in [3.05, 3.63) is 66.0 Å². The number of aromatic nitrogens is 1. The molecule has 0 aliphatic carbocycles. The average molecular weight is 256 g/mol. The number of carbonyl (C=O) groups is 1. The lowest BCUT2D eigenvalue weighted by molar-refractivity contribution is 0.0847. The molecule has 0 saturated carbocycles. The van der Waals surface area contributed by atoms with Gasteiger partial charge in [0.05, 0.1) is 12.1 Å². The molecule has 19 heavy (non-hydrogen) atoms. The van der Waals surface area contributed by atoms with E-state index in [1.54, 1.807) is 31.3 Å². The van der Waals surface area contributed by atoms with Crippen LogP contribution in [0.4, 0.5) is 0 Å². The molecule has 98 valence electrons. The van der Waals surface area contributed by atoms with Crippen molar-refractivity contribution >= 4 is 5.91 Å². The molecule has 2 rings (SSSR count). The van der Waals surface area contributed by atoms with Crippen molar-refractivity contribution in [1.29, 1.82) is 0 Å². The highest BCUT2D eigenvalue weighted by Crippen LogP contribution is 2.16. The number of aliphatic hydroxyl groups is 1. The van der Waals surface area contributed by atoms with E-state index in [-0.39, 0.29) is 5.91 Å². The maximum atomic E-state index is 11.9. The molecular weight excluding hydrogens is 240 g/mol. The highest BCUT2D eigenvalue weighted by atomic mass is 16.3. The normalized spacial score (nSPS) is 13.6. The Morgan fingerprint density at radius 1 is 1.16 bits per heavy atom. The Kier molecular flexibility index (Phi) is 4.26. The molecule has 4 heteroatoms. The lowest BCUT2D eigenvalue weighted by Gasteiger charge is -2.20. The van der Waals surface area contributed by atoms with Gasteiger partial charge in [0, 0.05) is 6.20 Å². The summed E-state index contributed by atoms with van der Waals surface area (Å²) in [6, 6.07) is 14.0. The number of benzene rings is 1. The maximum Gasteiger partial charge on any atom is 0.270 e. The van der Waals surface area contributed by atoms with E-state index >= 15 is 0 Å². The van der Waals surface area contributed by atoms with Gasteiger partial charge in [-0.3, -0.25) is 9.78 Å². The molecule has 0 unspecified atom stereocenters. The molecule has 0 aliphatic rings. The highest BCUT2D eigenvalue weighted by Gasteiger charge is 2.19. The molecule has 4 nitrogen and oxygen atoms in total. The van der Waals surface area contributed by atoms with E-state index < -0.39 is 12.1 Å². The predicted molar refractivity (Wildman–Crippen MR) is 72.6 cm³/mol. The van der Waals surface area contributed by atoms with Gasteiger partial charge in [0.25, 0.3) is 5.91 Å². The summed E-state index contributed by atoms with van der Waals surface area (Å²) in [5.41, 5.74) is 1.12. The first kappa shape index (κ1) is 13.2. The lowest BCUT2D eigenvalue weighted by Crippen LogP contribution is -2.37. The number of rotatable bonds is 4. The fourth-order valence-corrected chi connectivity index (χ4v) is 1.80. The number of hydrogen-bond donors (Lipinski definition) is 2. The van der Waals surface area contributed by atoms with Gasteiger partial charge in [0.2, 0.25) is 0 Å². The summed E-state index contributed by atoms with van der Waals surface area (Å²) in [7, 11) is 0. The monoisotopic (exact) mass is 256 g/mol. The van der Waals surface area contributed by atoms with Gasteiger partial charge < -0.3 is 10.4 Å². The molecule has 1 heterocycles. The van der Waals surface area contributed by atoms with E-state index in [2.05, 4.69) is 10.3 Å². The number of carbonyl (C=O) groups excluding carboxylic acids is 1. The maximum absolute atomic E-state index is 11.9. The smallest absolute Gasteiger partial charge is 0.270 e. The molecule has 0 bridgehead atoms. The molecule has 1 amide bonds. The third-order valence-corrected chi connectivity index (χ3v) is 2.87. The summed E-state index contributed by atoms with van der Waals surface area (Å²) in [4.78, 5) is 15.9. The van der Waals surface area contributed by atoms with Gasteiger partial charge in [0.1, 0.15) is 5.69 Å². The van der Waals surface area contributed by atoms with Gasteiger partial charge in [-0.1, -0.05) is 36.4 Å². The summed E-state index contributed by atoms with van der Waals surface area (Å²) in [6.45, 7) is 1.76. The minimum absolute atomic E-state index is 0.289. The Labute approximate surface area is 112 Å². The largest absolute Gasteiger partial charge is 0.386 e. The molecule has 2 N–H and O–H groups in total. The van der Waals surface area contributed by atoms with Crippen molar-refractivity contribution in [3.63, 3.8) is 0 Å². The van der Waals surface area contributed by atoms with Crippen molar-refractivity contribution in [2.75, 3.05) is 0 Å². The first-order chi connectivity index (χ1) is 9.18. The van der Waals surface area contributed by atoms with Crippen molar-refractivity contribution in [3.8, 4) is 0 Å². The molecule has 1 aromatic carbocycles. The molecule has 0 radical (unpaired) electrons. The third-order valence-electron chi connectivity index (χ3n) is 2.87. The van der Waals surface area contributed by atoms with Crippen LogP contribution in [-0.4, -0.2) is 22.0 Å². The van der Waals surface area contributed by atoms with Crippen LogP contribution in [0.15, 0.2) is 54.7 Å². The van der Waals surface area contributed by atoms with Gasteiger partial charge in [-0.25, -0.2) is 0 Å². The second kappa shape index (κ2) is 6.11. The minimum Gasteiger partial charge on any atom is -0.386 e. The van der Waals surface area contributed by atoms with E-state index in [9.17, 15) is 9.90 Å². The van der Waals surface area contributed by atoms with Gasteiger partial charge in [-0.05, 0) is 24.6 Å². The SMILES string of the molecule is C[C@@H](NC(=O)c1ccccn1)[C@@H](O)c1ccccc1. The summed E-state index contributed by atoms with van der Waals surface area (Å²) < 4.78 is 0. The summed E-state index contributed by atoms with van der Waals surface area (Å²) in [5.74, 6) is -0.289. The fourth-order valence-electron chi connectivity index (χ4n) is 1.80. The standard InChI is InChI=1S/C15H16N2O2/c1-11(14(18)12-7-3-2-4-8-12)17-15(19)13-9-5-6-10-16-13/h2-11,14,18H,1H3,(H,17,19)/t11-,14-/m1/s1. The second-order valence-electron chi connectivity index (χ2n) is 4.33. The van der Waals surface area contributed by atoms with Crippen LogP contribution in [0.25, 0.3) is 0 Å². The first-order valence-corrected chi connectivity index (χ1v) is 6.13. The van der Waals surface area contributed by atoms with E-state index in [0.717, 1.165) is 5.56 Å². The Hall–Kier alpha value is -2.20. The molecule has 2 aromatic rings. The molecule has 1 aromatic heterocycles. The molecule has 0 saturated heterocycles. The van der Waals surface area contributed by atoms with E-state index in [1.165, 1.54) is 0 Å². The lowest BCUT2D eigenvalue weighted by atomic mass is 10.0. The topological polar surface area (TPSA) is 62.2 Å². The van der Waals surface area contributed by atoms with Crippen LogP contribution in [0, 0.1) is 0 Å². The number of aliphatic hydroxyl groups excluding tert-OH is 1. The summed E-state index contributed by atoms with van der Waals surface area (Å²) in [5, 5.41) is 12.9.